The molecule has 0 saturated carbocycles. The van der Waals surface area contributed by atoms with Gasteiger partial charge in [0.25, 0.3) is 10.0 Å². The van der Waals surface area contributed by atoms with E-state index in [-0.39, 0.29) is 22.8 Å². The smallest absolute Gasteiger partial charge is 0.338 e. The molecule has 1 aliphatic heterocycles. The minimum atomic E-state index is -3.97. The Bertz CT molecular complexity index is 1450. The van der Waals surface area contributed by atoms with Crippen molar-refractivity contribution in [3.8, 4) is 5.75 Å². The Morgan fingerprint density at radius 3 is 2.71 bits per heavy atom. The Morgan fingerprint density at radius 2 is 1.88 bits per heavy atom. The molecule has 1 aliphatic rings. The number of sulfonamides is 1. The zero-order valence-electron chi connectivity index (χ0n) is 18.4. The number of anilines is 1. The summed E-state index contributed by atoms with van der Waals surface area (Å²) in [5, 5.41) is 0.667. The van der Waals surface area contributed by atoms with Crippen molar-refractivity contribution in [3.63, 3.8) is 0 Å². The van der Waals surface area contributed by atoms with Crippen LogP contribution in [0.1, 0.15) is 27.3 Å². The molecule has 4 aromatic rings. The van der Waals surface area contributed by atoms with Crippen LogP contribution in [0.5, 0.6) is 5.75 Å². The van der Waals surface area contributed by atoms with E-state index in [2.05, 4.69) is 4.98 Å². The highest BCUT2D eigenvalue weighted by Gasteiger charge is 2.32. The fourth-order valence-electron chi connectivity index (χ4n) is 4.07. The Kier molecular flexibility index (Phi) is 5.97. The summed E-state index contributed by atoms with van der Waals surface area (Å²) in [5.74, 6) is -0.455. The molecule has 0 bridgehead atoms. The third-order valence-corrected chi connectivity index (χ3v) is 8.54. The molecule has 0 amide bonds. The van der Waals surface area contributed by atoms with Crippen LogP contribution < -0.4 is 9.04 Å². The number of para-hydroxylation sites is 2. The highest BCUT2D eigenvalue weighted by Crippen LogP contribution is 2.35. The Morgan fingerprint density at radius 1 is 1.09 bits per heavy atom. The number of aryl methyl sites for hydroxylation is 1. The fourth-order valence-corrected chi connectivity index (χ4v) is 6.67. The van der Waals surface area contributed by atoms with E-state index >= 15 is 0 Å². The molecule has 0 N–H and O–H groups in total. The van der Waals surface area contributed by atoms with Gasteiger partial charge >= 0.3 is 5.97 Å². The summed E-state index contributed by atoms with van der Waals surface area (Å²) in [5.41, 5.74) is 2.60. The third kappa shape index (κ3) is 4.12. The van der Waals surface area contributed by atoms with Crippen LogP contribution in [-0.4, -0.2) is 33.0 Å². The number of esters is 1. The lowest BCUT2D eigenvalue weighted by molar-refractivity contribution is 0.0472. The number of methoxy groups -OCH3 is 1. The lowest BCUT2D eigenvalue weighted by atomic mass is 10.0. The van der Waals surface area contributed by atoms with Crippen molar-refractivity contribution >= 4 is 43.2 Å². The zero-order valence-corrected chi connectivity index (χ0v) is 20.1. The van der Waals surface area contributed by atoms with Gasteiger partial charge in [-0.1, -0.05) is 30.3 Å². The van der Waals surface area contributed by atoms with E-state index < -0.39 is 16.0 Å². The highest BCUT2D eigenvalue weighted by atomic mass is 32.2. The van der Waals surface area contributed by atoms with E-state index in [1.807, 2.05) is 42.5 Å². The summed E-state index contributed by atoms with van der Waals surface area (Å²) in [6.45, 7) is 0.362. The van der Waals surface area contributed by atoms with Gasteiger partial charge in [-0.25, -0.2) is 18.2 Å². The van der Waals surface area contributed by atoms with Crippen LogP contribution in [0.3, 0.4) is 0 Å². The molecule has 2 heterocycles. The molecule has 0 saturated heterocycles. The third-order valence-electron chi connectivity index (χ3n) is 5.70. The number of hydrogen-bond acceptors (Lipinski definition) is 7. The molecule has 0 atom stereocenters. The minimum absolute atomic E-state index is 0.00575. The number of fused-ring (bicyclic) bond motifs is 2. The maximum absolute atomic E-state index is 13.7. The van der Waals surface area contributed by atoms with E-state index in [1.54, 1.807) is 6.07 Å². The first-order valence-electron chi connectivity index (χ1n) is 10.8. The molecule has 0 unspecified atom stereocenters. The lowest BCUT2D eigenvalue weighted by Gasteiger charge is -2.30. The molecule has 9 heteroatoms. The van der Waals surface area contributed by atoms with Crippen LogP contribution in [0.2, 0.25) is 0 Å². The van der Waals surface area contributed by atoms with Crippen LogP contribution in [0.4, 0.5) is 5.69 Å². The summed E-state index contributed by atoms with van der Waals surface area (Å²) in [6.07, 6.45) is 1.53. The second kappa shape index (κ2) is 9.08. The van der Waals surface area contributed by atoms with Gasteiger partial charge in [0.2, 0.25) is 0 Å². The molecule has 1 aromatic heterocycles. The summed E-state index contributed by atoms with van der Waals surface area (Å²) in [4.78, 5) is 17.2. The van der Waals surface area contributed by atoms with Crippen LogP contribution in [0.15, 0.2) is 71.6 Å². The number of rotatable bonds is 6. The minimum Gasteiger partial charge on any atom is -0.495 e. The van der Waals surface area contributed by atoms with Gasteiger partial charge < -0.3 is 9.47 Å². The predicted octanol–water partition coefficient (Wildman–Crippen LogP) is 4.80. The largest absolute Gasteiger partial charge is 0.495 e. The van der Waals surface area contributed by atoms with Crippen LogP contribution >= 0.6 is 11.3 Å². The summed E-state index contributed by atoms with van der Waals surface area (Å²) < 4.78 is 40.5. The van der Waals surface area contributed by atoms with Gasteiger partial charge in [-0.3, -0.25) is 4.31 Å². The normalized spacial score (nSPS) is 13.5. The Labute approximate surface area is 201 Å². The van der Waals surface area contributed by atoms with Crippen LogP contribution in [0, 0.1) is 0 Å². The van der Waals surface area contributed by atoms with Gasteiger partial charge in [-0.15, -0.1) is 11.3 Å². The molecule has 174 valence electrons. The van der Waals surface area contributed by atoms with Crippen molar-refractivity contribution in [2.24, 2.45) is 0 Å². The average Bonchev–Trinajstić information content (AvgIpc) is 3.29. The van der Waals surface area contributed by atoms with Crippen molar-refractivity contribution in [2.45, 2.75) is 24.3 Å². The quantitative estimate of drug-likeness (QED) is 0.358. The van der Waals surface area contributed by atoms with Crippen LogP contribution in [-0.2, 0) is 27.8 Å². The molecule has 5 rings (SSSR count). The number of carbonyl (C=O) groups is 1. The van der Waals surface area contributed by atoms with Gasteiger partial charge in [0, 0.05) is 6.54 Å². The fraction of sp³-hybridized carbons (Fsp3) is 0.200. The number of benzene rings is 3. The number of nitrogens with zero attached hydrogens (tertiary/aromatic N) is 2. The van der Waals surface area contributed by atoms with Crippen molar-refractivity contribution < 1.29 is 22.7 Å². The van der Waals surface area contributed by atoms with E-state index in [0.717, 1.165) is 22.2 Å². The molecule has 7 nitrogen and oxygen atoms in total. The van der Waals surface area contributed by atoms with Crippen molar-refractivity contribution in [2.75, 3.05) is 18.0 Å². The van der Waals surface area contributed by atoms with Gasteiger partial charge in [-0.05, 0) is 54.8 Å². The van der Waals surface area contributed by atoms with E-state index in [1.165, 1.54) is 41.0 Å². The number of ether oxygens (including phenoxy) is 2. The maximum atomic E-state index is 13.7. The Hall–Kier alpha value is -3.43. The number of carbonyl (C=O) groups excluding carboxylic acids is 1. The standard InChI is InChI=1S/C25H22N2O5S2/c1-31-21-13-12-18(25(28)32-16-24-26-19-9-3-5-11-22(19)33-24)15-23(21)34(29,30)27-14-6-8-17-7-2-4-10-20(17)27/h2-5,7,9-13,15H,6,8,14,16H2,1H3. The molecule has 3 aromatic carbocycles. The second-order valence-corrected chi connectivity index (χ2v) is 10.8. The number of hydrogen-bond donors (Lipinski definition) is 0. The average molecular weight is 495 g/mol. The molecule has 0 spiro atoms. The van der Waals surface area contributed by atoms with Crippen molar-refractivity contribution in [1.82, 2.24) is 4.98 Å². The van der Waals surface area contributed by atoms with E-state index in [4.69, 9.17) is 9.47 Å². The van der Waals surface area contributed by atoms with Crippen LogP contribution in [0.25, 0.3) is 10.2 Å². The number of aromatic nitrogens is 1. The molecular weight excluding hydrogens is 472 g/mol. The molecule has 0 aliphatic carbocycles. The second-order valence-electron chi connectivity index (χ2n) is 7.83. The SMILES string of the molecule is COc1ccc(C(=O)OCc2nc3ccccc3s2)cc1S(=O)(=O)N1CCCc2ccccc21. The summed E-state index contributed by atoms with van der Waals surface area (Å²) >= 11 is 1.45. The topological polar surface area (TPSA) is 85.8 Å². The monoisotopic (exact) mass is 494 g/mol. The molecule has 34 heavy (non-hydrogen) atoms. The van der Waals surface area contributed by atoms with Crippen molar-refractivity contribution in [3.05, 3.63) is 82.9 Å². The zero-order chi connectivity index (χ0) is 23.7. The van der Waals surface area contributed by atoms with Gasteiger partial charge in [0.05, 0.1) is 28.6 Å². The number of thiazole rings is 1. The molecule has 0 fully saturated rings. The van der Waals surface area contributed by atoms with Gasteiger partial charge in [0.1, 0.15) is 22.3 Å². The first-order chi connectivity index (χ1) is 16.5. The summed E-state index contributed by atoms with van der Waals surface area (Å²) in [7, 11) is -2.56. The summed E-state index contributed by atoms with van der Waals surface area (Å²) in [6, 6.07) is 19.4. The highest BCUT2D eigenvalue weighted by molar-refractivity contribution is 7.93. The lowest BCUT2D eigenvalue weighted by Crippen LogP contribution is -2.35. The van der Waals surface area contributed by atoms with Crippen molar-refractivity contribution in [1.29, 1.82) is 0 Å². The van der Waals surface area contributed by atoms with Gasteiger partial charge in [-0.2, -0.15) is 0 Å². The molecular formula is C25H22N2O5S2. The first-order valence-corrected chi connectivity index (χ1v) is 13.0. The van der Waals surface area contributed by atoms with E-state index in [0.29, 0.717) is 23.7 Å². The van der Waals surface area contributed by atoms with Gasteiger partial charge in [0.15, 0.2) is 0 Å². The maximum Gasteiger partial charge on any atom is 0.338 e. The first kappa shape index (κ1) is 22.4. The molecule has 0 radical (unpaired) electrons. The van der Waals surface area contributed by atoms with E-state index in [9.17, 15) is 13.2 Å². The Balaban J connectivity index is 1.42. The predicted molar refractivity (Wildman–Crippen MR) is 131 cm³/mol.